The highest BCUT2D eigenvalue weighted by Gasteiger charge is 2.42. The molecule has 0 saturated carbocycles. The van der Waals surface area contributed by atoms with Crippen molar-refractivity contribution in [2.75, 3.05) is 12.3 Å². The van der Waals surface area contributed by atoms with Crippen molar-refractivity contribution in [1.82, 2.24) is 9.88 Å². The maximum atomic E-state index is 12.3. The molecule has 0 radical (unpaired) electrons. The first-order valence-corrected chi connectivity index (χ1v) is 10.2. The number of thiazole rings is 1. The van der Waals surface area contributed by atoms with Gasteiger partial charge < -0.3 is 15.7 Å². The van der Waals surface area contributed by atoms with Gasteiger partial charge in [-0.1, -0.05) is 32.0 Å². The van der Waals surface area contributed by atoms with E-state index in [0.717, 1.165) is 30.0 Å². The second-order valence-electron chi connectivity index (χ2n) is 6.13. The molecule has 1 aliphatic heterocycles. The first-order valence-electron chi connectivity index (χ1n) is 8.31. The molecule has 1 unspecified atom stereocenters. The molecule has 24 heavy (non-hydrogen) atoms. The van der Waals surface area contributed by atoms with Crippen LogP contribution in [0, 0.1) is 0 Å². The Morgan fingerprint density at radius 3 is 2.92 bits per heavy atom. The van der Waals surface area contributed by atoms with Crippen molar-refractivity contribution in [2.24, 2.45) is 5.73 Å². The lowest BCUT2D eigenvalue weighted by atomic mass is 9.82. The Balaban J connectivity index is 1.95. The van der Waals surface area contributed by atoms with Crippen molar-refractivity contribution < 1.29 is 14.7 Å². The van der Waals surface area contributed by atoms with Gasteiger partial charge in [-0.05, 0) is 19.3 Å². The third-order valence-corrected chi connectivity index (χ3v) is 6.63. The van der Waals surface area contributed by atoms with E-state index in [0.29, 0.717) is 18.7 Å². The fourth-order valence-electron chi connectivity index (χ4n) is 3.31. The van der Waals surface area contributed by atoms with E-state index >= 15 is 0 Å². The normalized spacial score (nSPS) is 20.4. The van der Waals surface area contributed by atoms with E-state index in [1.165, 1.54) is 28.5 Å². The van der Waals surface area contributed by atoms with E-state index < -0.39 is 5.97 Å². The van der Waals surface area contributed by atoms with Gasteiger partial charge in [0.05, 0.1) is 6.04 Å². The molecule has 1 aromatic heterocycles. The molecule has 134 valence electrons. The number of carbonyl (C=O) groups excluding carboxylic acids is 1. The summed E-state index contributed by atoms with van der Waals surface area (Å²) < 4.78 is 0.721. The highest BCUT2D eigenvalue weighted by molar-refractivity contribution is 8.01. The molecule has 2 heterocycles. The van der Waals surface area contributed by atoms with Crippen LogP contribution >= 0.6 is 23.1 Å². The van der Waals surface area contributed by atoms with Crippen LogP contribution in [0.5, 0.6) is 0 Å². The van der Waals surface area contributed by atoms with Gasteiger partial charge in [0, 0.05) is 29.6 Å². The van der Waals surface area contributed by atoms with E-state index in [1.807, 2.05) is 4.90 Å². The first-order chi connectivity index (χ1) is 11.4. The lowest BCUT2D eigenvalue weighted by molar-refractivity contribution is -0.129. The second-order valence-corrected chi connectivity index (χ2v) is 8.33. The van der Waals surface area contributed by atoms with E-state index in [9.17, 15) is 9.59 Å². The van der Waals surface area contributed by atoms with Crippen LogP contribution in [0.1, 0.15) is 56.4 Å². The quantitative estimate of drug-likeness (QED) is 0.648. The minimum Gasteiger partial charge on any atom is -0.476 e. The summed E-state index contributed by atoms with van der Waals surface area (Å²) in [5.41, 5.74) is 6.37. The van der Waals surface area contributed by atoms with Crippen molar-refractivity contribution in [3.63, 3.8) is 0 Å². The zero-order valence-corrected chi connectivity index (χ0v) is 15.8. The van der Waals surface area contributed by atoms with Crippen LogP contribution in [-0.2, 0) is 4.79 Å². The SMILES string of the molecule is CCCC(N)(CC)[C@H]1CCC(=O)N1CCSc1nc(C(=O)O)cs1. The monoisotopic (exact) mass is 371 g/mol. The van der Waals surface area contributed by atoms with Crippen LogP contribution in [-0.4, -0.2) is 50.7 Å². The Kier molecular flexibility index (Phi) is 6.65. The van der Waals surface area contributed by atoms with Crippen molar-refractivity contribution in [3.05, 3.63) is 11.1 Å². The maximum absolute atomic E-state index is 12.3. The number of carbonyl (C=O) groups is 2. The Bertz CT molecular complexity index is 593. The summed E-state index contributed by atoms with van der Waals surface area (Å²) in [7, 11) is 0. The molecular weight excluding hydrogens is 346 g/mol. The Morgan fingerprint density at radius 1 is 1.58 bits per heavy atom. The van der Waals surface area contributed by atoms with Gasteiger partial charge in [0.1, 0.15) is 0 Å². The van der Waals surface area contributed by atoms with Crippen LogP contribution in [0.2, 0.25) is 0 Å². The Morgan fingerprint density at radius 2 is 2.33 bits per heavy atom. The van der Waals surface area contributed by atoms with Crippen LogP contribution in [0.25, 0.3) is 0 Å². The number of hydrogen-bond donors (Lipinski definition) is 2. The molecular formula is C16H25N3O3S2. The van der Waals surface area contributed by atoms with E-state index in [-0.39, 0.29) is 23.2 Å². The van der Waals surface area contributed by atoms with E-state index in [2.05, 4.69) is 18.8 Å². The number of nitrogens with two attached hydrogens (primary N) is 1. The van der Waals surface area contributed by atoms with Crippen LogP contribution in [0.4, 0.5) is 0 Å². The molecule has 6 nitrogen and oxygen atoms in total. The topological polar surface area (TPSA) is 96.5 Å². The molecule has 0 aliphatic carbocycles. The predicted molar refractivity (Wildman–Crippen MR) is 96.6 cm³/mol. The summed E-state index contributed by atoms with van der Waals surface area (Å²) in [5.74, 6) is -0.144. The van der Waals surface area contributed by atoms with Crippen molar-refractivity contribution in [2.45, 2.75) is 61.9 Å². The zero-order valence-electron chi connectivity index (χ0n) is 14.2. The minimum atomic E-state index is -1.01. The van der Waals surface area contributed by atoms with Gasteiger partial charge in [-0.25, -0.2) is 9.78 Å². The summed E-state index contributed by atoms with van der Waals surface area (Å²) in [6.45, 7) is 4.84. The summed E-state index contributed by atoms with van der Waals surface area (Å²) in [6, 6.07) is 0.0985. The van der Waals surface area contributed by atoms with Crippen molar-refractivity contribution in [1.29, 1.82) is 0 Å². The first kappa shape index (κ1) is 19.2. The van der Waals surface area contributed by atoms with Gasteiger partial charge in [-0.3, -0.25) is 4.79 Å². The number of amides is 1. The predicted octanol–water partition coefficient (Wildman–Crippen LogP) is 2.83. The lowest BCUT2D eigenvalue weighted by Gasteiger charge is -2.40. The third-order valence-electron chi connectivity index (χ3n) is 4.63. The Hall–Kier alpha value is -1.12. The number of likely N-dealkylation sites (tertiary alicyclic amines) is 1. The second kappa shape index (κ2) is 8.31. The number of nitrogens with zero attached hydrogens (tertiary/aromatic N) is 2. The number of rotatable bonds is 9. The number of aromatic nitrogens is 1. The molecule has 1 aliphatic rings. The number of aromatic carboxylic acids is 1. The third kappa shape index (κ3) is 4.29. The summed E-state index contributed by atoms with van der Waals surface area (Å²) >= 11 is 2.81. The molecule has 8 heteroatoms. The van der Waals surface area contributed by atoms with Gasteiger partial charge >= 0.3 is 5.97 Å². The smallest absolute Gasteiger partial charge is 0.355 e. The molecule has 3 N–H and O–H groups in total. The average Bonchev–Trinajstić information content (AvgIpc) is 3.16. The summed E-state index contributed by atoms with van der Waals surface area (Å²) in [6.07, 6.45) is 4.18. The molecule has 1 aromatic rings. The highest BCUT2D eigenvalue weighted by atomic mass is 32.2. The van der Waals surface area contributed by atoms with Crippen LogP contribution in [0.15, 0.2) is 9.72 Å². The molecule has 1 fully saturated rings. The van der Waals surface area contributed by atoms with Crippen LogP contribution < -0.4 is 5.73 Å². The molecule has 0 aromatic carbocycles. The molecule has 1 amide bonds. The molecule has 0 bridgehead atoms. The van der Waals surface area contributed by atoms with Gasteiger partial charge in [0.15, 0.2) is 10.0 Å². The number of carboxylic acids is 1. The van der Waals surface area contributed by atoms with Gasteiger partial charge in [0.25, 0.3) is 0 Å². The standard InChI is InChI=1S/C16H25N3O3S2/c1-3-7-16(17,4-2)12-5-6-13(20)19(12)8-9-23-15-18-11(10-24-15)14(21)22/h10,12H,3-9,17H2,1-2H3,(H,21,22)/t12-,16?/m1/s1. The summed E-state index contributed by atoms with van der Waals surface area (Å²) in [4.78, 5) is 29.1. The fraction of sp³-hybridized carbons (Fsp3) is 0.688. The fourth-order valence-corrected chi connectivity index (χ4v) is 5.12. The van der Waals surface area contributed by atoms with Crippen molar-refractivity contribution >= 4 is 35.0 Å². The minimum absolute atomic E-state index is 0.0764. The maximum Gasteiger partial charge on any atom is 0.355 e. The van der Waals surface area contributed by atoms with Gasteiger partial charge in [-0.15, -0.1) is 11.3 Å². The highest BCUT2D eigenvalue weighted by Crippen LogP contribution is 2.32. The summed E-state index contributed by atoms with van der Waals surface area (Å²) in [5, 5.41) is 10.4. The van der Waals surface area contributed by atoms with Crippen molar-refractivity contribution in [3.8, 4) is 0 Å². The zero-order chi connectivity index (χ0) is 17.7. The number of hydrogen-bond acceptors (Lipinski definition) is 6. The van der Waals surface area contributed by atoms with E-state index in [4.69, 9.17) is 10.8 Å². The molecule has 2 atom stereocenters. The van der Waals surface area contributed by atoms with Gasteiger partial charge in [0.2, 0.25) is 5.91 Å². The average molecular weight is 372 g/mol. The van der Waals surface area contributed by atoms with E-state index in [1.54, 1.807) is 0 Å². The largest absolute Gasteiger partial charge is 0.476 e. The van der Waals surface area contributed by atoms with Crippen LogP contribution in [0.3, 0.4) is 0 Å². The van der Waals surface area contributed by atoms with Gasteiger partial charge in [-0.2, -0.15) is 0 Å². The Labute approximate surface area is 150 Å². The number of thioether (sulfide) groups is 1. The molecule has 0 spiro atoms. The lowest BCUT2D eigenvalue weighted by Crippen LogP contribution is -2.56. The molecule has 2 rings (SSSR count). The number of carboxylic acid groups (broad SMARTS) is 1. The molecule has 1 saturated heterocycles.